The van der Waals surface area contributed by atoms with Crippen molar-refractivity contribution < 1.29 is 27.4 Å². The zero-order valence-electron chi connectivity index (χ0n) is 13.7. The minimum absolute atomic E-state index is 0.111. The highest BCUT2D eigenvalue weighted by Gasteiger charge is 2.35. The van der Waals surface area contributed by atoms with Crippen LogP contribution in [0, 0.1) is 5.82 Å². The Morgan fingerprint density at radius 3 is 2.76 bits per heavy atom. The van der Waals surface area contributed by atoms with Crippen molar-refractivity contribution in [2.24, 2.45) is 0 Å². The van der Waals surface area contributed by atoms with Crippen molar-refractivity contribution in [3.63, 3.8) is 0 Å². The number of sulfone groups is 1. The van der Waals surface area contributed by atoms with Crippen molar-refractivity contribution in [2.45, 2.75) is 30.9 Å². The molecule has 1 aromatic heterocycles. The molecule has 3 rings (SSSR count). The summed E-state index contributed by atoms with van der Waals surface area (Å²) < 4.78 is 45.8. The number of benzene rings is 1. The van der Waals surface area contributed by atoms with Crippen LogP contribution in [0.3, 0.4) is 0 Å². The predicted molar refractivity (Wildman–Crippen MR) is 85.8 cm³/mol. The molecule has 1 N–H and O–H groups in total. The highest BCUT2D eigenvalue weighted by atomic mass is 32.2. The summed E-state index contributed by atoms with van der Waals surface area (Å²) in [7, 11) is -2.26. The lowest BCUT2D eigenvalue weighted by Crippen LogP contribution is -2.24. The summed E-state index contributed by atoms with van der Waals surface area (Å²) >= 11 is 0. The lowest BCUT2D eigenvalue weighted by molar-refractivity contribution is 0.0920. The summed E-state index contributed by atoms with van der Waals surface area (Å²) in [4.78, 5) is 12.5. The number of carbonyl (C=O) groups excluding carboxylic acids is 1. The van der Waals surface area contributed by atoms with Crippen LogP contribution >= 0.6 is 0 Å². The Kier molecular flexibility index (Phi) is 4.38. The standard InChI is InChI=1S/C16H17FN2O5S/c1-3-19-16(21)10(8-18-19)15(20)9-4-5-12-13(14(9)17)11(24-2)6-7-25(12,22)23/h4-5,8,11,21H,3,6-7H2,1-2H3. The van der Waals surface area contributed by atoms with E-state index in [0.717, 1.165) is 12.3 Å². The van der Waals surface area contributed by atoms with Crippen LogP contribution in [-0.4, -0.2) is 42.0 Å². The number of ketones is 1. The maximum Gasteiger partial charge on any atom is 0.220 e. The number of aryl methyl sites for hydroxylation is 1. The second kappa shape index (κ2) is 6.23. The van der Waals surface area contributed by atoms with Crippen LogP contribution in [0.2, 0.25) is 0 Å². The molecule has 2 aromatic rings. The Morgan fingerprint density at radius 1 is 1.44 bits per heavy atom. The molecule has 0 spiro atoms. The van der Waals surface area contributed by atoms with Gasteiger partial charge in [0.1, 0.15) is 11.4 Å². The fourth-order valence-corrected chi connectivity index (χ4v) is 4.57. The molecule has 0 saturated heterocycles. The van der Waals surface area contributed by atoms with E-state index in [1.807, 2.05) is 0 Å². The number of hydrogen-bond acceptors (Lipinski definition) is 6. The van der Waals surface area contributed by atoms with Gasteiger partial charge in [-0.05, 0) is 25.5 Å². The summed E-state index contributed by atoms with van der Waals surface area (Å²) in [5.74, 6) is -2.22. The lowest BCUT2D eigenvalue weighted by Gasteiger charge is -2.25. The minimum Gasteiger partial charge on any atom is -0.493 e. The molecule has 7 nitrogen and oxygen atoms in total. The SMILES string of the molecule is CCn1ncc(C(=O)c2ccc3c(c2F)C(OC)CCS3(=O)=O)c1O. The van der Waals surface area contributed by atoms with E-state index in [4.69, 9.17) is 4.74 Å². The predicted octanol–water partition coefficient (Wildman–Crippen LogP) is 1.84. The molecule has 25 heavy (non-hydrogen) atoms. The number of hydrogen-bond donors (Lipinski definition) is 1. The van der Waals surface area contributed by atoms with E-state index < -0.39 is 27.5 Å². The van der Waals surface area contributed by atoms with Crippen LogP contribution in [0.4, 0.5) is 4.39 Å². The second-order valence-electron chi connectivity index (χ2n) is 5.70. The van der Waals surface area contributed by atoms with Crippen molar-refractivity contribution in [1.82, 2.24) is 9.78 Å². The molecule has 0 aliphatic carbocycles. The molecule has 1 aliphatic heterocycles. The van der Waals surface area contributed by atoms with Crippen molar-refractivity contribution in [1.29, 1.82) is 0 Å². The Morgan fingerprint density at radius 2 is 2.16 bits per heavy atom. The van der Waals surface area contributed by atoms with Gasteiger partial charge in [0, 0.05) is 19.2 Å². The van der Waals surface area contributed by atoms with Gasteiger partial charge in [0.2, 0.25) is 11.7 Å². The fraction of sp³-hybridized carbons (Fsp3) is 0.375. The lowest BCUT2D eigenvalue weighted by atomic mass is 9.98. The number of aromatic hydroxyl groups is 1. The number of halogens is 1. The normalized spacial score (nSPS) is 18.8. The molecule has 0 fully saturated rings. The molecule has 2 heterocycles. The molecule has 9 heteroatoms. The van der Waals surface area contributed by atoms with E-state index in [-0.39, 0.29) is 39.6 Å². The van der Waals surface area contributed by atoms with Gasteiger partial charge in [-0.1, -0.05) is 0 Å². The first-order valence-electron chi connectivity index (χ1n) is 7.69. The van der Waals surface area contributed by atoms with Crippen molar-refractivity contribution >= 4 is 15.6 Å². The van der Waals surface area contributed by atoms with Gasteiger partial charge in [-0.2, -0.15) is 5.10 Å². The van der Waals surface area contributed by atoms with Crippen LogP contribution in [0.15, 0.2) is 23.2 Å². The monoisotopic (exact) mass is 368 g/mol. The van der Waals surface area contributed by atoms with Gasteiger partial charge < -0.3 is 9.84 Å². The van der Waals surface area contributed by atoms with Crippen LogP contribution in [0.25, 0.3) is 0 Å². The Hall–Kier alpha value is -2.26. The van der Waals surface area contributed by atoms with Gasteiger partial charge in [-0.15, -0.1) is 0 Å². The highest BCUT2D eigenvalue weighted by molar-refractivity contribution is 7.91. The van der Waals surface area contributed by atoms with E-state index in [1.54, 1.807) is 6.92 Å². The summed E-state index contributed by atoms with van der Waals surface area (Å²) in [6.45, 7) is 2.07. The molecule has 0 saturated carbocycles. The van der Waals surface area contributed by atoms with E-state index >= 15 is 4.39 Å². The molecule has 1 aliphatic rings. The van der Waals surface area contributed by atoms with Gasteiger partial charge in [-0.3, -0.25) is 4.79 Å². The first-order valence-corrected chi connectivity index (χ1v) is 9.34. The van der Waals surface area contributed by atoms with Crippen molar-refractivity contribution in [2.75, 3.05) is 12.9 Å². The van der Waals surface area contributed by atoms with Gasteiger partial charge in [0.05, 0.1) is 28.5 Å². The Labute approximate surface area is 144 Å². The van der Waals surface area contributed by atoms with Gasteiger partial charge in [-0.25, -0.2) is 17.5 Å². The summed E-state index contributed by atoms with van der Waals surface area (Å²) in [6.07, 6.45) is 0.516. The maximum absolute atomic E-state index is 15.0. The quantitative estimate of drug-likeness (QED) is 0.827. The number of aromatic nitrogens is 2. The number of rotatable bonds is 4. The molecular formula is C16H17FN2O5S. The third-order valence-corrected chi connectivity index (χ3v) is 6.13. The van der Waals surface area contributed by atoms with Crippen LogP contribution < -0.4 is 0 Å². The third kappa shape index (κ3) is 2.73. The van der Waals surface area contributed by atoms with E-state index in [0.29, 0.717) is 6.54 Å². The van der Waals surface area contributed by atoms with Crippen molar-refractivity contribution in [3.8, 4) is 5.88 Å². The average Bonchev–Trinajstić information content (AvgIpc) is 2.95. The largest absolute Gasteiger partial charge is 0.493 e. The van der Waals surface area contributed by atoms with Crippen molar-refractivity contribution in [3.05, 3.63) is 40.8 Å². The number of carbonyl (C=O) groups is 1. The zero-order chi connectivity index (χ0) is 18.4. The Balaban J connectivity index is 2.16. The minimum atomic E-state index is -3.62. The molecule has 0 amide bonds. The van der Waals surface area contributed by atoms with Crippen LogP contribution in [0.1, 0.15) is 40.9 Å². The van der Waals surface area contributed by atoms with E-state index in [1.165, 1.54) is 17.9 Å². The average molecular weight is 368 g/mol. The summed E-state index contributed by atoms with van der Waals surface area (Å²) in [5.41, 5.74) is -0.612. The van der Waals surface area contributed by atoms with Crippen LogP contribution in [-0.2, 0) is 21.1 Å². The maximum atomic E-state index is 15.0. The van der Waals surface area contributed by atoms with Gasteiger partial charge in [0.25, 0.3) is 0 Å². The first kappa shape index (κ1) is 17.6. The Bertz CT molecular complexity index is 952. The topological polar surface area (TPSA) is 98.5 Å². The van der Waals surface area contributed by atoms with E-state index in [9.17, 15) is 18.3 Å². The molecule has 1 aromatic carbocycles. The molecule has 0 bridgehead atoms. The molecule has 134 valence electrons. The van der Waals surface area contributed by atoms with Gasteiger partial charge >= 0.3 is 0 Å². The number of methoxy groups -OCH3 is 1. The second-order valence-corrected chi connectivity index (χ2v) is 7.78. The first-order chi connectivity index (χ1) is 11.8. The molecule has 1 atom stereocenters. The van der Waals surface area contributed by atoms with Gasteiger partial charge in [0.15, 0.2) is 9.84 Å². The molecular weight excluding hydrogens is 351 g/mol. The summed E-state index contributed by atoms with van der Waals surface area (Å²) in [5, 5.41) is 13.9. The van der Waals surface area contributed by atoms with E-state index in [2.05, 4.69) is 5.10 Å². The smallest absolute Gasteiger partial charge is 0.220 e. The fourth-order valence-electron chi connectivity index (χ4n) is 2.99. The third-order valence-electron chi connectivity index (χ3n) is 4.33. The zero-order valence-corrected chi connectivity index (χ0v) is 14.5. The number of nitrogens with zero attached hydrogens (tertiary/aromatic N) is 2. The number of ether oxygens (including phenoxy) is 1. The molecule has 1 unspecified atom stereocenters. The number of fused-ring (bicyclic) bond motifs is 1. The van der Waals surface area contributed by atoms with Crippen LogP contribution in [0.5, 0.6) is 5.88 Å². The highest BCUT2D eigenvalue weighted by Crippen LogP contribution is 2.37. The molecule has 0 radical (unpaired) electrons. The summed E-state index contributed by atoms with van der Waals surface area (Å²) in [6, 6.07) is 2.34.